The van der Waals surface area contributed by atoms with Gasteiger partial charge in [0.05, 0.1) is 0 Å². The molecule has 0 aliphatic heterocycles. The van der Waals surface area contributed by atoms with Crippen molar-refractivity contribution in [2.24, 2.45) is 0 Å². The zero-order valence-corrected chi connectivity index (χ0v) is 4.62. The third kappa shape index (κ3) is 5.87. The van der Waals surface area contributed by atoms with E-state index >= 15 is 0 Å². The molecule has 1 radical (unpaired) electrons. The summed E-state index contributed by atoms with van der Waals surface area (Å²) in [7, 11) is -5.47. The van der Waals surface area contributed by atoms with Gasteiger partial charge < -0.3 is 17.0 Å². The van der Waals surface area contributed by atoms with Crippen molar-refractivity contribution in [3.05, 3.63) is 0 Å². The van der Waals surface area contributed by atoms with Gasteiger partial charge in [-0.25, -0.2) is 0 Å². The van der Waals surface area contributed by atoms with Crippen LogP contribution in [-0.4, -0.2) is 16.6 Å². The predicted octanol–water partition coefficient (Wildman–Crippen LogP) is 0.964. The van der Waals surface area contributed by atoms with Gasteiger partial charge in [-0.2, -0.15) is 0 Å². The standard InChI is InChI=1S/CH3BF3OSi/c1-7-6-2(3,4)5/h1H3. The Morgan fingerprint density at radius 1 is 1.43 bits per heavy atom. The van der Waals surface area contributed by atoms with E-state index in [2.05, 4.69) is 4.01 Å². The molecule has 0 spiro atoms. The molecule has 7 heavy (non-hydrogen) atoms. The highest BCUT2D eigenvalue weighted by Gasteiger charge is 2.41. The van der Waals surface area contributed by atoms with Crippen molar-refractivity contribution in [2.45, 2.75) is 6.55 Å². The van der Waals surface area contributed by atoms with Crippen LogP contribution in [0.15, 0.2) is 0 Å². The molecule has 0 rings (SSSR count). The average Bonchev–Trinajstić information content (AvgIpc) is 1.30. The first-order valence-corrected chi connectivity index (χ1v) is 3.00. The highest BCUT2D eigenvalue weighted by Crippen LogP contribution is 2.03. The third-order valence-corrected chi connectivity index (χ3v) is 0.754. The smallest absolute Gasteiger partial charge is 0.583 e. The topological polar surface area (TPSA) is 11.3 Å². The van der Waals surface area contributed by atoms with Crippen LogP contribution in [-0.2, 0) is 4.01 Å². The van der Waals surface area contributed by atoms with Gasteiger partial charge in [0.2, 0.25) is 0 Å². The van der Waals surface area contributed by atoms with Gasteiger partial charge >= 0.3 is 16.6 Å². The normalized spacial score (nSPS) is 13.1. The van der Waals surface area contributed by atoms with Gasteiger partial charge in [0.1, 0.15) is 0 Å². The van der Waals surface area contributed by atoms with Crippen molar-refractivity contribution in [1.29, 1.82) is 0 Å². The summed E-state index contributed by atoms with van der Waals surface area (Å²) in [4.78, 5) is 0. The van der Waals surface area contributed by atoms with Gasteiger partial charge in [-0.15, -0.1) is 0 Å². The van der Waals surface area contributed by atoms with E-state index in [9.17, 15) is 12.9 Å². The Hall–Kier alpha value is -0.128. The number of hydrogen-bond acceptors (Lipinski definition) is 0. The lowest BCUT2D eigenvalue weighted by Crippen LogP contribution is -2.15. The van der Waals surface area contributed by atoms with E-state index in [-0.39, 0.29) is 0 Å². The summed E-state index contributed by atoms with van der Waals surface area (Å²) in [5.41, 5.74) is 0. The quantitative estimate of drug-likeness (QED) is 0.367. The van der Waals surface area contributed by atoms with Crippen LogP contribution in [0.1, 0.15) is 0 Å². The van der Waals surface area contributed by atoms with Crippen LogP contribution in [0.4, 0.5) is 12.9 Å². The Morgan fingerprint density at radius 2 is 1.86 bits per heavy atom. The van der Waals surface area contributed by atoms with Crippen molar-refractivity contribution in [3.63, 3.8) is 0 Å². The monoisotopic (exact) mass is 127 g/mol. The van der Waals surface area contributed by atoms with Crippen molar-refractivity contribution in [2.75, 3.05) is 0 Å². The van der Waals surface area contributed by atoms with Crippen molar-refractivity contribution in [3.8, 4) is 0 Å². The molecule has 0 atom stereocenters. The predicted molar refractivity (Wildman–Crippen MR) is 21.4 cm³/mol. The summed E-state index contributed by atoms with van der Waals surface area (Å²) in [6.07, 6.45) is 0. The minimum Gasteiger partial charge on any atom is -0.583 e. The summed E-state index contributed by atoms with van der Waals surface area (Å²) in [6, 6.07) is 0. The summed E-state index contributed by atoms with van der Waals surface area (Å²) in [6.45, 7) is 1.33. The third-order valence-electron chi connectivity index (χ3n) is 0.251. The SMILES string of the molecule is C[Si]=[O+][B-](F)(F)F. The van der Waals surface area contributed by atoms with Gasteiger partial charge in [-0.05, 0) is 0 Å². The first-order chi connectivity index (χ1) is 3.06. The van der Waals surface area contributed by atoms with Crippen LogP contribution in [0, 0.1) is 0 Å². The van der Waals surface area contributed by atoms with Gasteiger partial charge in [-0.3, -0.25) is 0 Å². The summed E-state index contributed by atoms with van der Waals surface area (Å²) < 4.78 is 36.0. The molecule has 0 heterocycles. The Labute approximate surface area is 41.2 Å². The molecule has 0 aliphatic carbocycles. The molecule has 0 fully saturated rings. The van der Waals surface area contributed by atoms with Gasteiger partial charge in [0, 0.05) is 6.55 Å². The molecule has 0 aromatic heterocycles. The molecule has 41 valence electrons. The zero-order chi connectivity index (χ0) is 5.91. The molecule has 1 nitrogen and oxygen atoms in total. The Kier molecular flexibility index (Phi) is 2.21. The van der Waals surface area contributed by atoms with Crippen molar-refractivity contribution >= 4 is 16.6 Å². The summed E-state index contributed by atoms with van der Waals surface area (Å²) in [5.74, 6) is 0. The largest absolute Gasteiger partial charge is 0.941 e. The summed E-state index contributed by atoms with van der Waals surface area (Å²) >= 11 is 0. The first kappa shape index (κ1) is 6.87. The molecule has 0 aliphatic rings. The van der Waals surface area contributed by atoms with Gasteiger partial charge in [0.25, 0.3) is 0 Å². The van der Waals surface area contributed by atoms with Crippen molar-refractivity contribution < 1.29 is 17.0 Å². The van der Waals surface area contributed by atoms with Gasteiger partial charge in [0.15, 0.2) is 0 Å². The lowest BCUT2D eigenvalue weighted by atomic mass is 10.3. The average molecular weight is 127 g/mol. The highest BCUT2D eigenvalue weighted by molar-refractivity contribution is 6.52. The van der Waals surface area contributed by atoms with E-state index in [4.69, 9.17) is 0 Å². The van der Waals surface area contributed by atoms with Crippen LogP contribution in [0.5, 0.6) is 0 Å². The maximum atomic E-state index is 10.9. The number of hydrogen-bond donors (Lipinski definition) is 0. The lowest BCUT2D eigenvalue weighted by molar-refractivity contribution is 0.173. The Morgan fingerprint density at radius 3 is 1.86 bits per heavy atom. The van der Waals surface area contributed by atoms with Crippen LogP contribution in [0.2, 0.25) is 6.55 Å². The highest BCUT2D eigenvalue weighted by atomic mass is 28.2. The summed E-state index contributed by atoms with van der Waals surface area (Å²) in [5, 5.41) is 0. The fraction of sp³-hybridized carbons (Fsp3) is 1.00. The number of halogens is 3. The maximum absolute atomic E-state index is 10.9. The van der Waals surface area contributed by atoms with Crippen LogP contribution < -0.4 is 0 Å². The molecule has 0 saturated carbocycles. The van der Waals surface area contributed by atoms with Crippen LogP contribution in [0.3, 0.4) is 0 Å². The fourth-order valence-corrected chi connectivity index (χ4v) is 0.401. The van der Waals surface area contributed by atoms with E-state index in [1.54, 1.807) is 0 Å². The molecular formula is CH3BF3OSi. The molecule has 6 heteroatoms. The Bertz CT molecular complexity index is 77.5. The van der Waals surface area contributed by atoms with E-state index in [0.717, 1.165) is 0 Å². The minimum atomic E-state index is -4.98. The van der Waals surface area contributed by atoms with Gasteiger partial charge in [-0.1, -0.05) is 0 Å². The first-order valence-electron chi connectivity index (χ1n) is 1.59. The maximum Gasteiger partial charge on any atom is 0.941 e. The fourth-order valence-electron chi connectivity index (χ4n) is 0.134. The van der Waals surface area contributed by atoms with Crippen LogP contribution in [0.25, 0.3) is 0 Å². The molecule has 0 saturated heterocycles. The molecule has 0 unspecified atom stereocenters. The molecule has 0 aromatic rings. The molecule has 0 aromatic carbocycles. The number of rotatable bonds is 1. The second-order valence-electron chi connectivity index (χ2n) is 0.837. The van der Waals surface area contributed by atoms with E-state index in [1.807, 2.05) is 0 Å². The van der Waals surface area contributed by atoms with E-state index < -0.39 is 16.6 Å². The molecular weight excluding hydrogens is 124 g/mol. The molecule has 0 amide bonds. The van der Waals surface area contributed by atoms with E-state index in [1.165, 1.54) is 6.55 Å². The van der Waals surface area contributed by atoms with Crippen molar-refractivity contribution in [1.82, 2.24) is 0 Å². The Balaban J connectivity index is 3.56. The van der Waals surface area contributed by atoms with E-state index in [0.29, 0.717) is 0 Å². The zero-order valence-electron chi connectivity index (χ0n) is 3.62. The lowest BCUT2D eigenvalue weighted by Gasteiger charge is -1.91. The second kappa shape index (κ2) is 2.25. The molecule has 0 N–H and O–H groups in total. The van der Waals surface area contributed by atoms with Crippen LogP contribution >= 0.6 is 0 Å². The second-order valence-corrected chi connectivity index (χ2v) is 1.48. The minimum absolute atomic E-state index is 0.488. The molecule has 0 bridgehead atoms.